The van der Waals surface area contributed by atoms with Gasteiger partial charge in [0.15, 0.2) is 0 Å². The normalized spacial score (nSPS) is 33.9. The second kappa shape index (κ2) is 4.85. The van der Waals surface area contributed by atoms with E-state index in [9.17, 15) is 9.90 Å². The van der Waals surface area contributed by atoms with Crippen LogP contribution < -0.4 is 0 Å². The topological polar surface area (TPSA) is 59.0 Å². The largest absolute Gasteiger partial charge is 0.444 e. The molecule has 21 heavy (non-hydrogen) atoms. The van der Waals surface area contributed by atoms with Gasteiger partial charge in [-0.3, -0.25) is 4.90 Å². The van der Waals surface area contributed by atoms with Gasteiger partial charge in [-0.25, -0.2) is 4.79 Å². The third-order valence-electron chi connectivity index (χ3n) is 4.86. The molecule has 1 amide bonds. The van der Waals surface area contributed by atoms with Crippen molar-refractivity contribution in [3.63, 3.8) is 0 Å². The molecule has 1 aliphatic heterocycles. The van der Waals surface area contributed by atoms with Gasteiger partial charge in [-0.1, -0.05) is 13.8 Å². The second-order valence-electron chi connectivity index (χ2n) is 8.31. The standard InChI is InChI=1S/C16H29NO4/c1-14(2,3)21-13(19)17-11(9-20-16(17,6)7)12-10(8-18)15(12,4)5/h10-12,18H,8-9H2,1-7H3/t10-,11+,12-/m1/s1. The highest BCUT2D eigenvalue weighted by Crippen LogP contribution is 2.61. The van der Waals surface area contributed by atoms with Gasteiger partial charge in [0.2, 0.25) is 0 Å². The predicted octanol–water partition coefficient (Wildman–Crippen LogP) is 2.62. The van der Waals surface area contributed by atoms with E-state index < -0.39 is 11.3 Å². The molecule has 0 bridgehead atoms. The fourth-order valence-electron chi connectivity index (χ4n) is 3.66. The zero-order valence-electron chi connectivity index (χ0n) is 14.3. The third-order valence-corrected chi connectivity index (χ3v) is 4.86. The summed E-state index contributed by atoms with van der Waals surface area (Å²) in [6, 6.07) is -0.0398. The van der Waals surface area contributed by atoms with Gasteiger partial charge in [-0.15, -0.1) is 0 Å². The van der Waals surface area contributed by atoms with Crippen LogP contribution in [0.1, 0.15) is 48.5 Å². The molecule has 0 aromatic heterocycles. The lowest BCUT2D eigenvalue weighted by Gasteiger charge is -2.35. The molecule has 5 heteroatoms. The average molecular weight is 299 g/mol. The average Bonchev–Trinajstić information content (AvgIpc) is 2.66. The molecule has 1 saturated heterocycles. The summed E-state index contributed by atoms with van der Waals surface area (Å²) in [7, 11) is 0. The van der Waals surface area contributed by atoms with Crippen LogP contribution in [-0.4, -0.2) is 46.7 Å². The van der Waals surface area contributed by atoms with Crippen LogP contribution in [0.5, 0.6) is 0 Å². The Kier molecular flexibility index (Phi) is 3.82. The maximum absolute atomic E-state index is 12.6. The molecule has 2 rings (SSSR count). The monoisotopic (exact) mass is 299 g/mol. The van der Waals surface area contributed by atoms with E-state index in [0.29, 0.717) is 6.61 Å². The smallest absolute Gasteiger partial charge is 0.412 e. The van der Waals surface area contributed by atoms with Gasteiger partial charge in [-0.05, 0) is 51.9 Å². The second-order valence-corrected chi connectivity index (χ2v) is 8.31. The Bertz CT molecular complexity index is 424. The zero-order valence-corrected chi connectivity index (χ0v) is 14.3. The maximum atomic E-state index is 12.6. The highest BCUT2D eigenvalue weighted by Gasteiger charge is 2.65. The molecule has 5 nitrogen and oxygen atoms in total. The summed E-state index contributed by atoms with van der Waals surface area (Å²) in [5.74, 6) is 0.460. The van der Waals surface area contributed by atoms with Gasteiger partial charge in [-0.2, -0.15) is 0 Å². The number of hydrogen-bond acceptors (Lipinski definition) is 4. The number of amides is 1. The number of ether oxygens (including phenoxy) is 2. The minimum absolute atomic E-state index is 0.0312. The van der Waals surface area contributed by atoms with Crippen molar-refractivity contribution in [1.29, 1.82) is 0 Å². The molecule has 2 aliphatic rings. The van der Waals surface area contributed by atoms with Crippen molar-refractivity contribution in [3.8, 4) is 0 Å². The fourth-order valence-corrected chi connectivity index (χ4v) is 3.66. The van der Waals surface area contributed by atoms with Crippen LogP contribution in [-0.2, 0) is 9.47 Å². The summed E-state index contributed by atoms with van der Waals surface area (Å²) in [6.07, 6.45) is -0.339. The SMILES string of the molecule is CC(C)(C)OC(=O)N1[C@H]([C@H]2[C@@H](CO)C2(C)C)COC1(C)C. The Hall–Kier alpha value is -0.810. The number of carbonyl (C=O) groups is 1. The molecule has 0 aromatic carbocycles. The maximum Gasteiger partial charge on any atom is 0.412 e. The number of rotatable bonds is 2. The van der Waals surface area contributed by atoms with Crippen molar-refractivity contribution in [1.82, 2.24) is 4.90 Å². The van der Waals surface area contributed by atoms with Crippen molar-refractivity contribution in [2.45, 2.75) is 65.8 Å². The molecule has 122 valence electrons. The van der Waals surface area contributed by atoms with Crippen LogP contribution in [0.25, 0.3) is 0 Å². The van der Waals surface area contributed by atoms with E-state index in [1.165, 1.54) is 0 Å². The first kappa shape index (κ1) is 16.6. The van der Waals surface area contributed by atoms with Crippen LogP contribution in [0, 0.1) is 17.3 Å². The number of nitrogens with zero attached hydrogens (tertiary/aromatic N) is 1. The Labute approximate surface area is 127 Å². The van der Waals surface area contributed by atoms with E-state index in [-0.39, 0.29) is 36.0 Å². The Morgan fingerprint density at radius 3 is 2.33 bits per heavy atom. The summed E-state index contributed by atoms with van der Waals surface area (Å²) in [6.45, 7) is 14.3. The van der Waals surface area contributed by atoms with Gasteiger partial charge in [0, 0.05) is 6.61 Å². The first-order valence-corrected chi connectivity index (χ1v) is 7.69. The molecular formula is C16H29NO4. The Morgan fingerprint density at radius 2 is 1.90 bits per heavy atom. The molecule has 1 heterocycles. The predicted molar refractivity (Wildman–Crippen MR) is 79.7 cm³/mol. The van der Waals surface area contributed by atoms with E-state index in [1.54, 1.807) is 4.90 Å². The fraction of sp³-hybridized carbons (Fsp3) is 0.938. The van der Waals surface area contributed by atoms with Crippen LogP contribution in [0.4, 0.5) is 4.79 Å². The minimum atomic E-state index is -0.675. The van der Waals surface area contributed by atoms with Crippen LogP contribution in [0.2, 0.25) is 0 Å². The molecule has 3 atom stereocenters. The molecule has 0 aromatic rings. The van der Waals surface area contributed by atoms with Gasteiger partial charge >= 0.3 is 6.09 Å². The van der Waals surface area contributed by atoms with Crippen molar-refractivity contribution < 1.29 is 19.4 Å². The van der Waals surface area contributed by atoms with Gasteiger partial charge in [0.05, 0.1) is 12.6 Å². The molecule has 0 radical (unpaired) electrons. The highest BCUT2D eigenvalue weighted by atomic mass is 16.6. The number of carbonyl (C=O) groups excluding carboxylic acids is 1. The lowest BCUT2D eigenvalue weighted by atomic mass is 10.0. The molecule has 1 saturated carbocycles. The third kappa shape index (κ3) is 2.90. The van der Waals surface area contributed by atoms with E-state index in [0.717, 1.165) is 0 Å². The van der Waals surface area contributed by atoms with E-state index in [2.05, 4.69) is 13.8 Å². The number of aliphatic hydroxyl groups excluding tert-OH is 1. The van der Waals surface area contributed by atoms with E-state index >= 15 is 0 Å². The van der Waals surface area contributed by atoms with Gasteiger partial charge < -0.3 is 14.6 Å². The summed E-state index contributed by atoms with van der Waals surface area (Å²) in [5, 5.41) is 9.54. The number of aliphatic hydroxyl groups is 1. The molecule has 2 fully saturated rings. The highest BCUT2D eigenvalue weighted by molar-refractivity contribution is 5.70. The molecule has 1 aliphatic carbocycles. The first-order valence-electron chi connectivity index (χ1n) is 7.69. The summed E-state index contributed by atoms with van der Waals surface area (Å²) < 4.78 is 11.4. The van der Waals surface area contributed by atoms with Crippen molar-refractivity contribution in [2.24, 2.45) is 17.3 Å². The van der Waals surface area contributed by atoms with Gasteiger partial charge in [0.1, 0.15) is 11.3 Å². The summed E-state index contributed by atoms with van der Waals surface area (Å²) in [4.78, 5) is 14.3. The van der Waals surface area contributed by atoms with E-state index in [1.807, 2.05) is 34.6 Å². The lowest BCUT2D eigenvalue weighted by molar-refractivity contribution is -0.0636. The van der Waals surface area contributed by atoms with Crippen molar-refractivity contribution in [2.75, 3.05) is 13.2 Å². The van der Waals surface area contributed by atoms with Gasteiger partial charge in [0.25, 0.3) is 0 Å². The molecule has 0 unspecified atom stereocenters. The Morgan fingerprint density at radius 1 is 1.33 bits per heavy atom. The zero-order chi connectivity index (χ0) is 16.2. The van der Waals surface area contributed by atoms with Crippen LogP contribution >= 0.6 is 0 Å². The first-order chi connectivity index (χ1) is 9.42. The van der Waals surface area contributed by atoms with E-state index in [4.69, 9.17) is 9.47 Å². The van der Waals surface area contributed by atoms with Crippen LogP contribution in [0.15, 0.2) is 0 Å². The van der Waals surface area contributed by atoms with Crippen LogP contribution in [0.3, 0.4) is 0 Å². The molecule has 1 N–H and O–H groups in total. The minimum Gasteiger partial charge on any atom is -0.444 e. The number of hydrogen-bond donors (Lipinski definition) is 1. The van der Waals surface area contributed by atoms with Crippen molar-refractivity contribution >= 4 is 6.09 Å². The quantitative estimate of drug-likeness (QED) is 0.851. The molecule has 0 spiro atoms. The lowest BCUT2D eigenvalue weighted by Crippen LogP contribution is -2.51. The summed E-state index contributed by atoms with van der Waals surface area (Å²) >= 11 is 0. The van der Waals surface area contributed by atoms with Crippen molar-refractivity contribution in [3.05, 3.63) is 0 Å². The summed E-state index contributed by atoms with van der Waals surface area (Å²) in [5.41, 5.74) is -1.18. The Balaban J connectivity index is 2.21. The molecular weight excluding hydrogens is 270 g/mol.